The van der Waals surface area contributed by atoms with Gasteiger partial charge < -0.3 is 10.2 Å². The van der Waals surface area contributed by atoms with Crippen molar-refractivity contribution in [1.29, 1.82) is 0 Å². The summed E-state index contributed by atoms with van der Waals surface area (Å²) in [6.07, 6.45) is 0. The molecule has 3 heteroatoms. The molecule has 106 valence electrons. The standard InChI is InChI=1S/C16H27N3/c1-14-5-4-6-16(13-14)15(2)17-7-8-19-11-9-18(3)10-12-19/h4-6,13,15,17H,7-12H2,1-3H3. The molecule has 0 aromatic heterocycles. The van der Waals surface area contributed by atoms with E-state index in [0.717, 1.165) is 13.1 Å². The molecule has 1 aromatic carbocycles. The molecule has 1 fully saturated rings. The normalized spacial score (nSPS) is 19.5. The Labute approximate surface area is 117 Å². The number of benzene rings is 1. The fourth-order valence-electron chi connectivity index (χ4n) is 2.57. The van der Waals surface area contributed by atoms with E-state index in [2.05, 4.69) is 60.3 Å². The van der Waals surface area contributed by atoms with Gasteiger partial charge in [0, 0.05) is 45.3 Å². The van der Waals surface area contributed by atoms with Gasteiger partial charge in [-0.05, 0) is 26.5 Å². The third-order valence-corrected chi connectivity index (χ3v) is 4.02. The Balaban J connectivity index is 1.70. The maximum Gasteiger partial charge on any atom is 0.0292 e. The molecule has 0 radical (unpaired) electrons. The predicted octanol–water partition coefficient (Wildman–Crippen LogP) is 1.89. The first-order chi connectivity index (χ1) is 9.15. The van der Waals surface area contributed by atoms with E-state index in [-0.39, 0.29) is 0 Å². The van der Waals surface area contributed by atoms with Crippen LogP contribution in [0.5, 0.6) is 0 Å². The number of likely N-dealkylation sites (N-methyl/N-ethyl adjacent to an activating group) is 1. The fourth-order valence-corrected chi connectivity index (χ4v) is 2.57. The maximum absolute atomic E-state index is 3.63. The summed E-state index contributed by atoms with van der Waals surface area (Å²) in [5.41, 5.74) is 2.73. The van der Waals surface area contributed by atoms with Gasteiger partial charge in [0.1, 0.15) is 0 Å². The van der Waals surface area contributed by atoms with E-state index in [4.69, 9.17) is 0 Å². The number of hydrogen-bond acceptors (Lipinski definition) is 3. The quantitative estimate of drug-likeness (QED) is 0.873. The van der Waals surface area contributed by atoms with Gasteiger partial charge in [-0.25, -0.2) is 0 Å². The zero-order valence-electron chi connectivity index (χ0n) is 12.5. The number of piperazine rings is 1. The van der Waals surface area contributed by atoms with E-state index in [1.807, 2.05) is 0 Å². The molecule has 1 heterocycles. The van der Waals surface area contributed by atoms with Crippen molar-refractivity contribution in [2.45, 2.75) is 19.9 Å². The molecule has 1 atom stereocenters. The molecule has 1 N–H and O–H groups in total. The molecule has 19 heavy (non-hydrogen) atoms. The first kappa shape index (κ1) is 14.5. The second-order valence-corrected chi connectivity index (χ2v) is 5.73. The minimum atomic E-state index is 0.437. The Kier molecular flexibility index (Phi) is 5.37. The highest BCUT2D eigenvalue weighted by Gasteiger charge is 2.13. The fraction of sp³-hybridized carbons (Fsp3) is 0.625. The first-order valence-electron chi connectivity index (χ1n) is 7.36. The van der Waals surface area contributed by atoms with Crippen molar-refractivity contribution in [2.75, 3.05) is 46.3 Å². The van der Waals surface area contributed by atoms with Crippen LogP contribution in [0, 0.1) is 6.92 Å². The molecule has 0 spiro atoms. The van der Waals surface area contributed by atoms with Crippen LogP contribution in [0.3, 0.4) is 0 Å². The van der Waals surface area contributed by atoms with Gasteiger partial charge in [-0.1, -0.05) is 29.8 Å². The third-order valence-electron chi connectivity index (χ3n) is 4.02. The lowest BCUT2D eigenvalue weighted by Crippen LogP contribution is -2.46. The lowest BCUT2D eigenvalue weighted by molar-refractivity contribution is 0.154. The van der Waals surface area contributed by atoms with Gasteiger partial charge in [0.15, 0.2) is 0 Å². The molecule has 0 aliphatic carbocycles. The second-order valence-electron chi connectivity index (χ2n) is 5.73. The molecular weight excluding hydrogens is 234 g/mol. The molecular formula is C16H27N3. The van der Waals surface area contributed by atoms with Gasteiger partial charge in [0.05, 0.1) is 0 Å². The molecule has 1 saturated heterocycles. The number of nitrogens with one attached hydrogen (secondary N) is 1. The average molecular weight is 261 g/mol. The van der Waals surface area contributed by atoms with E-state index < -0.39 is 0 Å². The molecule has 1 aliphatic heterocycles. The second kappa shape index (κ2) is 7.04. The van der Waals surface area contributed by atoms with Crippen LogP contribution in [0.2, 0.25) is 0 Å². The number of aryl methyl sites for hydroxylation is 1. The zero-order chi connectivity index (χ0) is 13.7. The molecule has 0 bridgehead atoms. The van der Waals surface area contributed by atoms with E-state index >= 15 is 0 Å². The van der Waals surface area contributed by atoms with Crippen molar-refractivity contribution >= 4 is 0 Å². The van der Waals surface area contributed by atoms with Crippen LogP contribution in [-0.2, 0) is 0 Å². The number of hydrogen-bond donors (Lipinski definition) is 1. The van der Waals surface area contributed by atoms with Crippen LogP contribution < -0.4 is 5.32 Å². The maximum atomic E-state index is 3.63. The van der Waals surface area contributed by atoms with Gasteiger partial charge in [0.2, 0.25) is 0 Å². The van der Waals surface area contributed by atoms with Crippen molar-refractivity contribution in [2.24, 2.45) is 0 Å². The molecule has 1 aliphatic rings. The van der Waals surface area contributed by atoms with Gasteiger partial charge in [0.25, 0.3) is 0 Å². The summed E-state index contributed by atoms with van der Waals surface area (Å²) in [5.74, 6) is 0. The Morgan fingerprint density at radius 2 is 1.95 bits per heavy atom. The Bertz CT molecular complexity index is 383. The average Bonchev–Trinajstić information content (AvgIpc) is 2.41. The minimum absolute atomic E-state index is 0.437. The van der Waals surface area contributed by atoms with Crippen LogP contribution in [0.15, 0.2) is 24.3 Å². The van der Waals surface area contributed by atoms with Crippen LogP contribution >= 0.6 is 0 Å². The summed E-state index contributed by atoms with van der Waals surface area (Å²) in [7, 11) is 2.20. The molecule has 1 aromatic rings. The van der Waals surface area contributed by atoms with E-state index in [1.54, 1.807) is 0 Å². The van der Waals surface area contributed by atoms with Crippen molar-refractivity contribution < 1.29 is 0 Å². The van der Waals surface area contributed by atoms with E-state index in [1.165, 1.54) is 37.3 Å². The SMILES string of the molecule is Cc1cccc(C(C)NCCN2CCN(C)CC2)c1. The summed E-state index contributed by atoms with van der Waals surface area (Å²) < 4.78 is 0. The third kappa shape index (κ3) is 4.60. The van der Waals surface area contributed by atoms with Crippen molar-refractivity contribution in [3.8, 4) is 0 Å². The Hall–Kier alpha value is -0.900. The number of rotatable bonds is 5. The largest absolute Gasteiger partial charge is 0.309 e. The monoisotopic (exact) mass is 261 g/mol. The van der Waals surface area contributed by atoms with E-state index in [0.29, 0.717) is 6.04 Å². The smallest absolute Gasteiger partial charge is 0.0292 e. The van der Waals surface area contributed by atoms with Crippen molar-refractivity contribution in [3.63, 3.8) is 0 Å². The minimum Gasteiger partial charge on any atom is -0.309 e. The molecule has 3 nitrogen and oxygen atoms in total. The van der Waals surface area contributed by atoms with Crippen LogP contribution in [0.25, 0.3) is 0 Å². The Morgan fingerprint density at radius 1 is 1.21 bits per heavy atom. The molecule has 1 unspecified atom stereocenters. The van der Waals surface area contributed by atoms with Gasteiger partial charge in [-0.15, -0.1) is 0 Å². The highest BCUT2D eigenvalue weighted by molar-refractivity contribution is 5.24. The lowest BCUT2D eigenvalue weighted by atomic mass is 10.1. The molecule has 2 rings (SSSR count). The molecule has 0 saturated carbocycles. The first-order valence-corrected chi connectivity index (χ1v) is 7.36. The lowest BCUT2D eigenvalue weighted by Gasteiger charge is -2.32. The van der Waals surface area contributed by atoms with Crippen LogP contribution in [-0.4, -0.2) is 56.1 Å². The van der Waals surface area contributed by atoms with Crippen LogP contribution in [0.1, 0.15) is 24.1 Å². The summed E-state index contributed by atoms with van der Waals surface area (Å²) in [6, 6.07) is 9.21. The summed E-state index contributed by atoms with van der Waals surface area (Å²) >= 11 is 0. The topological polar surface area (TPSA) is 18.5 Å². The van der Waals surface area contributed by atoms with Gasteiger partial charge in [-0.2, -0.15) is 0 Å². The van der Waals surface area contributed by atoms with Crippen molar-refractivity contribution in [1.82, 2.24) is 15.1 Å². The molecule has 0 amide bonds. The Morgan fingerprint density at radius 3 is 2.63 bits per heavy atom. The highest BCUT2D eigenvalue weighted by Crippen LogP contribution is 2.13. The number of nitrogens with zero attached hydrogens (tertiary/aromatic N) is 2. The van der Waals surface area contributed by atoms with Gasteiger partial charge in [-0.3, -0.25) is 4.90 Å². The van der Waals surface area contributed by atoms with Crippen molar-refractivity contribution in [3.05, 3.63) is 35.4 Å². The summed E-state index contributed by atoms with van der Waals surface area (Å²) in [5, 5.41) is 3.63. The summed E-state index contributed by atoms with van der Waals surface area (Å²) in [6.45, 7) is 11.4. The zero-order valence-corrected chi connectivity index (χ0v) is 12.5. The van der Waals surface area contributed by atoms with Gasteiger partial charge >= 0.3 is 0 Å². The highest BCUT2D eigenvalue weighted by atomic mass is 15.2. The van der Waals surface area contributed by atoms with E-state index in [9.17, 15) is 0 Å². The predicted molar refractivity (Wildman–Crippen MR) is 81.5 cm³/mol. The van der Waals surface area contributed by atoms with Crippen LogP contribution in [0.4, 0.5) is 0 Å². The summed E-state index contributed by atoms with van der Waals surface area (Å²) in [4.78, 5) is 4.95.